The Morgan fingerprint density at radius 3 is 2.09 bits per heavy atom. The summed E-state index contributed by atoms with van der Waals surface area (Å²) in [4.78, 5) is 112. The molecule has 1 fully saturated rings. The fourth-order valence-electron chi connectivity index (χ4n) is 9.66. The molecule has 85 heavy (non-hydrogen) atoms. The molecule has 1 unspecified atom stereocenters. The number of carboxylic acid groups (broad SMARTS) is 1. The van der Waals surface area contributed by atoms with Crippen LogP contribution in [0.5, 0.6) is 5.75 Å². The molecule has 25 heteroatoms. The van der Waals surface area contributed by atoms with Crippen molar-refractivity contribution in [2.75, 3.05) is 51.5 Å². The molecule has 19 nitrogen and oxygen atoms in total. The normalized spacial score (nSPS) is 15.7. The van der Waals surface area contributed by atoms with E-state index < -0.39 is 66.1 Å². The zero-order valence-corrected chi connectivity index (χ0v) is 53.5. The van der Waals surface area contributed by atoms with Crippen LogP contribution < -0.4 is 16.4 Å². The minimum Gasteiger partial charge on any atom is -0.508 e. The molecule has 0 aliphatic carbocycles. The number of nitrogens with one attached hydrogen (secondary N) is 2. The van der Waals surface area contributed by atoms with Crippen molar-refractivity contribution in [3.8, 4) is 5.75 Å². The molecule has 482 valence electrons. The van der Waals surface area contributed by atoms with Crippen molar-refractivity contribution in [2.45, 2.75) is 201 Å². The zero-order valence-electron chi connectivity index (χ0n) is 51.1. The van der Waals surface area contributed by atoms with E-state index >= 15 is 0 Å². The van der Waals surface area contributed by atoms with Crippen molar-refractivity contribution in [3.63, 3.8) is 0 Å². The predicted octanol–water partition coefficient (Wildman–Crippen LogP) is 11.2. The van der Waals surface area contributed by atoms with Crippen LogP contribution >= 0.6 is 32.9 Å². The van der Waals surface area contributed by atoms with Crippen LogP contribution in [0.25, 0.3) is 0 Å². The number of likely N-dealkylation sites (N-methyl/N-ethyl adjacent to an activating group) is 1. The van der Waals surface area contributed by atoms with Crippen molar-refractivity contribution in [2.24, 2.45) is 29.4 Å². The number of piperidine rings is 1. The number of phenolic OH excluding ortho intramolecular Hbond substituents is 1. The summed E-state index contributed by atoms with van der Waals surface area (Å²) in [6.45, 7) is 13.8. The number of nitrogens with zero attached hydrogens (tertiary/aromatic N) is 3. The first-order valence-corrected chi connectivity index (χ1v) is 33.3. The summed E-state index contributed by atoms with van der Waals surface area (Å²) in [7, 11) is 5.38. The Labute approximate surface area is 512 Å². The number of phenols is 1. The Bertz CT molecular complexity index is 2330. The highest BCUT2D eigenvalue weighted by Gasteiger charge is 2.40. The molecular formula is C60H95F3N6O13S3. The maximum Gasteiger partial charge on any atom is 0.490 e. The van der Waals surface area contributed by atoms with Crippen LogP contribution in [0.1, 0.15) is 191 Å². The number of halogens is 3. The first-order valence-electron chi connectivity index (χ1n) is 29.9. The van der Waals surface area contributed by atoms with Gasteiger partial charge in [0.1, 0.15) is 23.1 Å². The maximum atomic E-state index is 15.0. The Balaban J connectivity index is 0.00000330. The smallest absolute Gasteiger partial charge is 0.490 e. The fraction of sp³-hybridized carbons (Fsp3) is 0.717. The number of aromatic hydroxyl groups is 1. The van der Waals surface area contributed by atoms with Crippen molar-refractivity contribution >= 4 is 80.3 Å². The largest absolute Gasteiger partial charge is 0.508 e. The van der Waals surface area contributed by atoms with Gasteiger partial charge in [-0.2, -0.15) is 13.2 Å². The lowest BCUT2D eigenvalue weighted by Gasteiger charge is -2.39. The average Bonchev–Trinajstić information content (AvgIpc) is 4.23. The van der Waals surface area contributed by atoms with E-state index in [1.54, 1.807) is 58.2 Å². The van der Waals surface area contributed by atoms with E-state index in [9.17, 15) is 51.8 Å². The third-order valence-corrected chi connectivity index (χ3v) is 18.2. The molecule has 0 spiro atoms. The van der Waals surface area contributed by atoms with Crippen LogP contribution in [-0.4, -0.2) is 148 Å². The topological polar surface area (TPSA) is 274 Å². The molecule has 1 aliphatic rings. The second-order valence-electron chi connectivity index (χ2n) is 22.1. The molecule has 0 radical (unpaired) electrons. The molecule has 3 amide bonds. The lowest BCUT2D eigenvalue weighted by molar-refractivity contribution is -0.192. The molecule has 6 N–H and O–H groups in total. The highest BCUT2D eigenvalue weighted by Crippen LogP contribution is 2.34. The summed E-state index contributed by atoms with van der Waals surface area (Å²) in [5, 5.41) is 24.6. The Hall–Kier alpha value is -4.98. The van der Waals surface area contributed by atoms with Crippen LogP contribution in [0.2, 0.25) is 0 Å². The highest BCUT2D eigenvalue weighted by molar-refractivity contribution is 8.76. The van der Waals surface area contributed by atoms with E-state index in [0.29, 0.717) is 30.0 Å². The van der Waals surface area contributed by atoms with Crippen molar-refractivity contribution in [1.29, 1.82) is 0 Å². The number of esters is 2. The third-order valence-electron chi connectivity index (χ3n) is 14.8. The number of unbranched alkanes of at least 4 members (excludes halogenated alkanes) is 8. The molecule has 0 bridgehead atoms. The van der Waals surface area contributed by atoms with Crippen molar-refractivity contribution in [3.05, 3.63) is 45.9 Å². The number of Topliss-reactive ketones (excluding diaryl/α,β-unsaturated/α-hetero) is 2. The van der Waals surface area contributed by atoms with Gasteiger partial charge in [-0.05, 0) is 94.6 Å². The number of aliphatic carboxylic acids is 1. The monoisotopic (exact) mass is 1260 g/mol. The summed E-state index contributed by atoms with van der Waals surface area (Å²) in [6, 6.07) is 5.03. The van der Waals surface area contributed by atoms with Crippen LogP contribution in [-0.2, 0) is 49.4 Å². The number of hydrogen-bond acceptors (Lipinski definition) is 18. The molecule has 1 saturated heterocycles. The standard InChI is InChI=1S/C58H94N6O11S3.C2HF3O2/c1-9-22-54(69)74-39-64(57(71)47(41(5)10-2)35-51(67)49-23-18-20-29-63(49)8)50(40(3)4)36-53(75-43(7)65)56-62-48(38-76-56)55(70)61-45(34-44-24-26-46(66)27-25-44)33-42(6)52(68)37-60-58(72)73-30-32-78-77-31-21-17-15-13-11-12-14-16-19-28-59;3-2(4,5)1(6)7/h24-27,38,40-42,45,47,49-50,53,66H,9-23,28-37,39,59H2,1-8H3,(H,60,72)(H,61,70);(H,6,7)/t41-,42+,45-,47+,49?,50-,53-;/m1./s1. The van der Waals surface area contributed by atoms with Gasteiger partial charge in [-0.1, -0.05) is 133 Å². The Kier molecular flexibility index (Phi) is 37.6. The number of hydrogen-bond donors (Lipinski definition) is 5. The number of carbonyl (C=O) groups excluding carboxylic acids is 7. The number of benzene rings is 1. The number of alkyl halides is 3. The van der Waals surface area contributed by atoms with Gasteiger partial charge in [0.2, 0.25) is 5.91 Å². The van der Waals surface area contributed by atoms with Crippen molar-refractivity contribution in [1.82, 2.24) is 25.4 Å². The Morgan fingerprint density at radius 2 is 1.52 bits per heavy atom. The number of nitrogens with two attached hydrogens (primary N) is 1. The first kappa shape index (κ1) is 76.1. The van der Waals surface area contributed by atoms with Gasteiger partial charge in [-0.15, -0.1) is 11.3 Å². The lowest BCUT2D eigenvalue weighted by Crippen LogP contribution is -2.50. The van der Waals surface area contributed by atoms with Gasteiger partial charge in [0, 0.05) is 67.0 Å². The van der Waals surface area contributed by atoms with E-state index in [2.05, 4.69) is 20.5 Å². The number of carbonyl (C=O) groups is 8. The number of rotatable bonds is 40. The van der Waals surface area contributed by atoms with E-state index in [1.165, 1.54) is 56.8 Å². The van der Waals surface area contributed by atoms with Gasteiger partial charge in [0.05, 0.1) is 12.6 Å². The first-order chi connectivity index (χ1) is 40.3. The summed E-state index contributed by atoms with van der Waals surface area (Å²) in [6.07, 6.45) is 8.96. The second-order valence-corrected chi connectivity index (χ2v) is 25.7. The fourth-order valence-corrected chi connectivity index (χ4v) is 12.5. The summed E-state index contributed by atoms with van der Waals surface area (Å²) in [5.41, 5.74) is 6.41. The molecule has 0 saturated carbocycles. The van der Waals surface area contributed by atoms with Gasteiger partial charge >= 0.3 is 30.2 Å². The van der Waals surface area contributed by atoms with Crippen LogP contribution in [0.15, 0.2) is 29.6 Å². The highest BCUT2D eigenvalue weighted by atomic mass is 33.1. The number of likely N-dealkylation sites (tertiary alicyclic amines) is 1. The minimum absolute atomic E-state index is 0.00864. The van der Waals surface area contributed by atoms with Crippen LogP contribution in [0.4, 0.5) is 18.0 Å². The number of aromatic nitrogens is 1. The number of ether oxygens (including phenoxy) is 3. The van der Waals surface area contributed by atoms with Gasteiger partial charge in [0.15, 0.2) is 24.4 Å². The van der Waals surface area contributed by atoms with E-state index in [-0.39, 0.29) is 92.4 Å². The van der Waals surface area contributed by atoms with Crippen LogP contribution in [0.3, 0.4) is 0 Å². The summed E-state index contributed by atoms with van der Waals surface area (Å²) in [5.74, 6) is -4.89. The average molecular weight is 1260 g/mol. The Morgan fingerprint density at radius 1 is 0.894 bits per heavy atom. The second kappa shape index (κ2) is 42.0. The molecule has 3 rings (SSSR count). The number of carboxylic acids is 1. The van der Waals surface area contributed by atoms with E-state index in [1.807, 2.05) is 41.7 Å². The van der Waals surface area contributed by atoms with Gasteiger partial charge in [-0.3, -0.25) is 33.7 Å². The lowest BCUT2D eigenvalue weighted by atomic mass is 9.82. The minimum atomic E-state index is -5.08. The van der Waals surface area contributed by atoms with Gasteiger partial charge in [0.25, 0.3) is 5.91 Å². The molecule has 1 aromatic heterocycles. The number of thiazole rings is 1. The predicted molar refractivity (Wildman–Crippen MR) is 326 cm³/mol. The maximum absolute atomic E-state index is 15.0. The summed E-state index contributed by atoms with van der Waals surface area (Å²) < 4.78 is 48.7. The van der Waals surface area contributed by atoms with Gasteiger partial charge < -0.3 is 45.7 Å². The quantitative estimate of drug-likeness (QED) is 0.0136. The van der Waals surface area contributed by atoms with Crippen molar-refractivity contribution < 1.29 is 76.0 Å². The SMILES string of the molecule is CCCC(=O)OCN(C(=O)[C@@H](CC(=O)C1CCCCN1C)[C@H](C)CC)[C@H](C[C@@H](OC(C)=O)c1nc(C(=O)N[C@@H](Cc2ccc(O)cc2)C[C@H](C)C(=O)CNC(=O)OCCSSCCCCCCCCCCCN)cs1)C(C)C.O=C(O)C(F)(F)F. The molecule has 7 atom stereocenters. The van der Waals surface area contributed by atoms with E-state index in [0.717, 1.165) is 67.8 Å². The number of amides is 3. The molecule has 1 aromatic carbocycles. The van der Waals surface area contributed by atoms with E-state index in [4.69, 9.17) is 29.8 Å². The zero-order chi connectivity index (χ0) is 63.5. The number of ketones is 2. The number of alkyl carbamates (subject to hydrolysis) is 1. The molecule has 1 aliphatic heterocycles. The molecule has 2 aromatic rings. The van der Waals surface area contributed by atoms with Gasteiger partial charge in [-0.25, -0.2) is 14.6 Å². The van der Waals surface area contributed by atoms with Crippen LogP contribution in [0, 0.1) is 23.7 Å². The summed E-state index contributed by atoms with van der Waals surface area (Å²) >= 11 is 1.12. The third kappa shape index (κ3) is 31.0. The molecule has 2 heterocycles. The molecular weight excluding hydrogens is 1170 g/mol.